The lowest BCUT2D eigenvalue weighted by atomic mass is 9.80. The molecule has 0 aromatic heterocycles. The van der Waals surface area contributed by atoms with E-state index < -0.39 is 77.4 Å². The van der Waals surface area contributed by atoms with Crippen molar-refractivity contribution in [2.75, 3.05) is 19.8 Å². The molecule has 1 fully saturated rings. The van der Waals surface area contributed by atoms with Crippen LogP contribution >= 0.6 is 0 Å². The molecule has 0 radical (unpaired) electrons. The van der Waals surface area contributed by atoms with E-state index in [9.17, 15) is 43.5 Å². The molecular weight excluding hydrogens is 750 g/mol. The maximum atomic E-state index is 14.1. The van der Waals surface area contributed by atoms with Crippen molar-refractivity contribution in [2.45, 2.75) is 95.2 Å². The molecule has 1 aliphatic rings. The third kappa shape index (κ3) is 12.1. The van der Waals surface area contributed by atoms with Gasteiger partial charge >= 0.3 is 23.8 Å². The van der Waals surface area contributed by atoms with Crippen molar-refractivity contribution >= 4 is 58.2 Å². The quantitative estimate of drug-likeness (QED) is 0.0443. The molecule has 1 saturated carbocycles. The van der Waals surface area contributed by atoms with Crippen LogP contribution in [0.25, 0.3) is 10.8 Å². The fourth-order valence-electron chi connectivity index (χ4n) is 7.05. The number of carbonyl (C=O) groups is 8. The number of carboxylic acid groups (broad SMARTS) is 1. The van der Waals surface area contributed by atoms with Crippen LogP contribution in [0.15, 0.2) is 66.7 Å². The highest BCUT2D eigenvalue weighted by Gasteiger charge is 2.44. The number of ether oxygens (including phenoxy) is 2. The summed E-state index contributed by atoms with van der Waals surface area (Å²) in [5.41, 5.74) is 5.65. The van der Waals surface area contributed by atoms with Gasteiger partial charge in [-0.05, 0) is 67.0 Å². The summed E-state index contributed by atoms with van der Waals surface area (Å²) in [7, 11) is 0. The second-order valence-electron chi connectivity index (χ2n) is 14.1. The van der Waals surface area contributed by atoms with Gasteiger partial charge in [0, 0.05) is 13.0 Å². The molecule has 2 atom stereocenters. The van der Waals surface area contributed by atoms with Gasteiger partial charge in [0.05, 0.1) is 19.6 Å². The standard InChI is InChI=1S/C42H51N5O11/c1-3-57-39(54)34(40(55)58-4-2)29-19-17-26(18-20-29)24-31(45-37(51)38(52)53)36(50)47-42(21-8-5-9-22-42)41(56)46-32(25-33(43)48)35(49)44-23-11-15-28-14-10-13-27-12-6-7-16-30(27)28/h6-7,10,12-14,16-20,31-32,34H,3-5,8-9,11,15,21-25H2,1-2H3,(H2,43,48)(H,44,49)(H,45,51)(H,46,56)(H,47,50)(H,52,53)/t31-,32-/m0/s1. The fraction of sp³-hybridized carbons (Fsp3) is 0.429. The zero-order chi connectivity index (χ0) is 42.2. The van der Waals surface area contributed by atoms with Gasteiger partial charge in [-0.1, -0.05) is 86.0 Å². The molecule has 4 rings (SSSR count). The second-order valence-corrected chi connectivity index (χ2v) is 14.1. The number of carbonyl (C=O) groups excluding carboxylic acids is 7. The first-order valence-electron chi connectivity index (χ1n) is 19.4. The number of rotatable bonds is 19. The molecule has 1 aliphatic carbocycles. The maximum absolute atomic E-state index is 14.1. The van der Waals surface area contributed by atoms with Crippen LogP contribution < -0.4 is 27.0 Å². The van der Waals surface area contributed by atoms with E-state index in [1.165, 1.54) is 24.3 Å². The van der Waals surface area contributed by atoms with Crippen molar-refractivity contribution in [3.8, 4) is 0 Å². The van der Waals surface area contributed by atoms with E-state index in [1.54, 1.807) is 13.8 Å². The Labute approximate surface area is 336 Å². The van der Waals surface area contributed by atoms with Gasteiger partial charge in [0.15, 0.2) is 5.92 Å². The second kappa shape index (κ2) is 21.3. The number of nitrogens with two attached hydrogens (primary N) is 1. The molecule has 16 heteroatoms. The van der Waals surface area contributed by atoms with E-state index in [-0.39, 0.29) is 44.6 Å². The molecule has 0 saturated heterocycles. The Kier molecular flexibility index (Phi) is 16.3. The van der Waals surface area contributed by atoms with Crippen molar-refractivity contribution in [3.63, 3.8) is 0 Å². The summed E-state index contributed by atoms with van der Waals surface area (Å²) in [6.07, 6.45) is 2.56. The first-order chi connectivity index (χ1) is 27.8. The number of hydrogen-bond donors (Lipinski definition) is 6. The van der Waals surface area contributed by atoms with Crippen LogP contribution in [0.2, 0.25) is 0 Å². The Bertz CT molecular complexity index is 1950. The van der Waals surface area contributed by atoms with E-state index in [0.29, 0.717) is 31.2 Å². The minimum atomic E-state index is -1.84. The van der Waals surface area contributed by atoms with Crippen LogP contribution in [-0.4, -0.2) is 89.9 Å². The van der Waals surface area contributed by atoms with E-state index in [4.69, 9.17) is 15.2 Å². The minimum absolute atomic E-state index is 0.0264. The lowest BCUT2D eigenvalue weighted by molar-refractivity contribution is -0.157. The van der Waals surface area contributed by atoms with Crippen molar-refractivity contribution in [2.24, 2.45) is 5.73 Å². The molecule has 310 valence electrons. The first kappa shape index (κ1) is 44.4. The van der Waals surface area contributed by atoms with Gasteiger partial charge in [0.1, 0.15) is 17.6 Å². The highest BCUT2D eigenvalue weighted by molar-refractivity contribution is 6.32. The summed E-state index contributed by atoms with van der Waals surface area (Å²) in [4.78, 5) is 103. The van der Waals surface area contributed by atoms with Gasteiger partial charge in [-0.15, -0.1) is 0 Å². The van der Waals surface area contributed by atoms with Crippen LogP contribution in [0.5, 0.6) is 0 Å². The van der Waals surface area contributed by atoms with Crippen LogP contribution in [-0.2, 0) is 60.7 Å². The Balaban J connectivity index is 1.49. The summed E-state index contributed by atoms with van der Waals surface area (Å²) < 4.78 is 10.1. The normalized spacial score (nSPS) is 14.3. The van der Waals surface area contributed by atoms with Crippen LogP contribution in [0.3, 0.4) is 0 Å². The number of amides is 5. The molecular formula is C42H51N5O11. The smallest absolute Gasteiger partial charge is 0.394 e. The number of nitrogens with one attached hydrogen (secondary N) is 4. The predicted molar refractivity (Wildman–Crippen MR) is 211 cm³/mol. The number of esters is 2. The topological polar surface area (TPSA) is 249 Å². The highest BCUT2D eigenvalue weighted by Crippen LogP contribution is 2.29. The van der Waals surface area contributed by atoms with Gasteiger partial charge in [0.25, 0.3) is 0 Å². The van der Waals surface area contributed by atoms with Gasteiger partial charge < -0.3 is 41.6 Å². The number of primary amides is 1. The maximum Gasteiger partial charge on any atom is 0.394 e. The molecule has 5 amide bonds. The van der Waals surface area contributed by atoms with Crippen molar-refractivity contribution in [3.05, 3.63) is 83.4 Å². The number of carboxylic acids is 1. The molecule has 7 N–H and O–H groups in total. The Morgan fingerprint density at radius 2 is 1.41 bits per heavy atom. The zero-order valence-corrected chi connectivity index (χ0v) is 32.7. The number of hydrogen-bond acceptors (Lipinski definition) is 10. The average Bonchev–Trinajstić information content (AvgIpc) is 3.20. The lowest BCUT2D eigenvalue weighted by Gasteiger charge is -2.38. The van der Waals surface area contributed by atoms with E-state index in [0.717, 1.165) is 22.8 Å². The van der Waals surface area contributed by atoms with E-state index >= 15 is 0 Å². The van der Waals surface area contributed by atoms with Gasteiger partial charge in [-0.25, -0.2) is 4.79 Å². The lowest BCUT2D eigenvalue weighted by Crippen LogP contribution is -2.65. The third-order valence-electron chi connectivity index (χ3n) is 9.95. The summed E-state index contributed by atoms with van der Waals surface area (Å²) in [6, 6.07) is 17.0. The number of aliphatic carboxylic acids is 1. The molecule has 3 aromatic carbocycles. The highest BCUT2D eigenvalue weighted by atomic mass is 16.6. The summed E-state index contributed by atoms with van der Waals surface area (Å²) >= 11 is 0. The number of aryl methyl sites for hydroxylation is 1. The molecule has 0 aliphatic heterocycles. The fourth-order valence-corrected chi connectivity index (χ4v) is 7.05. The SMILES string of the molecule is CCOC(=O)C(C(=O)OCC)c1ccc(C[C@H](NC(=O)C(=O)O)C(=O)NC2(C(=O)N[C@@H](CC(N)=O)C(=O)NCCCc3cccc4ccccc34)CCCCC2)cc1. The Morgan fingerprint density at radius 1 is 0.776 bits per heavy atom. The molecule has 0 heterocycles. The van der Waals surface area contributed by atoms with Gasteiger partial charge in [-0.2, -0.15) is 0 Å². The molecule has 0 bridgehead atoms. The van der Waals surface area contributed by atoms with E-state index in [2.05, 4.69) is 21.3 Å². The number of fused-ring (bicyclic) bond motifs is 1. The van der Waals surface area contributed by atoms with Crippen LogP contribution in [0.4, 0.5) is 0 Å². The summed E-state index contributed by atoms with van der Waals surface area (Å²) in [5.74, 6) is -9.41. The Hall–Kier alpha value is -6.32. The predicted octanol–water partition coefficient (Wildman–Crippen LogP) is 2.09. The molecule has 0 unspecified atom stereocenters. The van der Waals surface area contributed by atoms with Crippen LogP contribution in [0.1, 0.15) is 81.4 Å². The van der Waals surface area contributed by atoms with Crippen molar-refractivity contribution in [1.29, 1.82) is 0 Å². The zero-order valence-electron chi connectivity index (χ0n) is 32.7. The van der Waals surface area contributed by atoms with Crippen molar-refractivity contribution < 1.29 is 52.9 Å². The van der Waals surface area contributed by atoms with Gasteiger partial charge in [0.2, 0.25) is 23.6 Å². The van der Waals surface area contributed by atoms with Crippen molar-refractivity contribution in [1.82, 2.24) is 21.3 Å². The molecule has 0 spiro atoms. The summed E-state index contributed by atoms with van der Waals surface area (Å²) in [6.45, 7) is 3.48. The monoisotopic (exact) mass is 801 g/mol. The van der Waals surface area contributed by atoms with Gasteiger partial charge in [-0.3, -0.25) is 33.6 Å². The largest absolute Gasteiger partial charge is 0.474 e. The molecule has 16 nitrogen and oxygen atoms in total. The Morgan fingerprint density at radius 3 is 2.03 bits per heavy atom. The van der Waals surface area contributed by atoms with E-state index in [1.807, 2.05) is 42.5 Å². The average molecular weight is 802 g/mol. The third-order valence-corrected chi connectivity index (χ3v) is 9.95. The molecule has 58 heavy (non-hydrogen) atoms. The molecule has 3 aromatic rings. The number of benzene rings is 3. The summed E-state index contributed by atoms with van der Waals surface area (Å²) in [5, 5.41) is 21.9. The first-order valence-corrected chi connectivity index (χ1v) is 19.4. The van der Waals surface area contributed by atoms with Crippen LogP contribution in [0, 0.1) is 0 Å². The minimum Gasteiger partial charge on any atom is -0.474 e.